The average Bonchev–Trinajstić information content (AvgIpc) is 2.50. The van der Waals surface area contributed by atoms with Crippen LogP contribution in [-0.4, -0.2) is 42.9 Å². The van der Waals surface area contributed by atoms with Gasteiger partial charge in [-0.05, 0) is 38.0 Å². The van der Waals surface area contributed by atoms with E-state index in [9.17, 15) is 9.59 Å². The summed E-state index contributed by atoms with van der Waals surface area (Å²) in [5.74, 6) is -1.05. The molecule has 1 rings (SSSR count). The van der Waals surface area contributed by atoms with E-state index in [1.807, 2.05) is 6.92 Å². The summed E-state index contributed by atoms with van der Waals surface area (Å²) in [6.45, 7) is 5.04. The zero-order chi connectivity index (χ0) is 16.4. The highest BCUT2D eigenvalue weighted by Crippen LogP contribution is 2.12. The molecule has 0 aromatic heterocycles. The average molecular weight is 309 g/mol. The smallest absolute Gasteiger partial charge is 0.303 e. The van der Waals surface area contributed by atoms with Crippen molar-refractivity contribution in [3.05, 3.63) is 29.8 Å². The maximum absolute atomic E-state index is 11.9. The molecule has 1 atom stereocenters. The number of nitrogens with one attached hydrogen (secondary N) is 1. The number of hydrogen-bond acceptors (Lipinski definition) is 4. The van der Waals surface area contributed by atoms with Crippen molar-refractivity contribution in [2.24, 2.45) is 0 Å². The maximum atomic E-state index is 11.9. The lowest BCUT2D eigenvalue weighted by Gasteiger charge is -2.13. The summed E-state index contributed by atoms with van der Waals surface area (Å²) in [7, 11) is 0. The summed E-state index contributed by atoms with van der Waals surface area (Å²) < 4.78 is 10.5. The van der Waals surface area contributed by atoms with Crippen molar-refractivity contribution in [1.29, 1.82) is 0 Å². The van der Waals surface area contributed by atoms with Crippen molar-refractivity contribution in [3.8, 4) is 0 Å². The lowest BCUT2D eigenvalue weighted by molar-refractivity contribution is -0.137. The standard InChI is InChI=1S/C16H23NO5/c1-3-21-10-11-22-12(2)16(20)17-14-7-4-13(5-8-14)6-9-15(18)19/h4-5,7-8,12H,3,6,9-11H2,1-2H3,(H,17,20)(H,18,19). The van der Waals surface area contributed by atoms with Crippen LogP contribution < -0.4 is 5.32 Å². The molecule has 0 saturated carbocycles. The Labute approximate surface area is 130 Å². The molecule has 2 N–H and O–H groups in total. The van der Waals surface area contributed by atoms with E-state index in [2.05, 4.69) is 5.32 Å². The Hall–Kier alpha value is -1.92. The van der Waals surface area contributed by atoms with E-state index in [1.54, 1.807) is 31.2 Å². The number of carboxylic acid groups (broad SMARTS) is 1. The van der Waals surface area contributed by atoms with Gasteiger partial charge in [0.15, 0.2) is 0 Å². The molecule has 0 radical (unpaired) electrons. The molecule has 0 aliphatic rings. The lowest BCUT2D eigenvalue weighted by Crippen LogP contribution is -2.28. The molecular weight excluding hydrogens is 286 g/mol. The molecule has 0 heterocycles. The van der Waals surface area contributed by atoms with Gasteiger partial charge in [0.05, 0.1) is 13.2 Å². The first-order valence-electron chi connectivity index (χ1n) is 7.34. The van der Waals surface area contributed by atoms with E-state index in [0.29, 0.717) is 31.9 Å². The number of anilines is 1. The van der Waals surface area contributed by atoms with Gasteiger partial charge in [0.1, 0.15) is 6.10 Å². The number of carbonyl (C=O) groups is 2. The number of carboxylic acids is 1. The number of amides is 1. The molecule has 6 heteroatoms. The van der Waals surface area contributed by atoms with Gasteiger partial charge in [0.25, 0.3) is 5.91 Å². The Morgan fingerprint density at radius 3 is 2.50 bits per heavy atom. The third kappa shape index (κ3) is 7.19. The van der Waals surface area contributed by atoms with E-state index in [1.165, 1.54) is 0 Å². The van der Waals surface area contributed by atoms with Gasteiger partial charge in [0, 0.05) is 18.7 Å². The second kappa shape index (κ2) is 9.92. The van der Waals surface area contributed by atoms with Crippen LogP contribution in [0.5, 0.6) is 0 Å². The molecule has 0 saturated heterocycles. The minimum Gasteiger partial charge on any atom is -0.481 e. The first kappa shape index (κ1) is 18.1. The van der Waals surface area contributed by atoms with E-state index in [-0.39, 0.29) is 12.3 Å². The third-order valence-corrected chi connectivity index (χ3v) is 3.02. The summed E-state index contributed by atoms with van der Waals surface area (Å²) >= 11 is 0. The number of hydrogen-bond donors (Lipinski definition) is 2. The monoisotopic (exact) mass is 309 g/mol. The van der Waals surface area contributed by atoms with Crippen LogP contribution in [0.1, 0.15) is 25.8 Å². The van der Waals surface area contributed by atoms with Gasteiger partial charge >= 0.3 is 5.97 Å². The predicted octanol–water partition coefficient (Wildman–Crippen LogP) is 2.08. The minimum atomic E-state index is -0.824. The largest absolute Gasteiger partial charge is 0.481 e. The molecule has 6 nitrogen and oxygen atoms in total. The van der Waals surface area contributed by atoms with Crippen molar-refractivity contribution < 1.29 is 24.2 Å². The van der Waals surface area contributed by atoms with Gasteiger partial charge < -0.3 is 19.9 Å². The molecule has 0 spiro atoms. The summed E-state index contributed by atoms with van der Waals surface area (Å²) in [6, 6.07) is 7.11. The summed E-state index contributed by atoms with van der Waals surface area (Å²) in [5, 5.41) is 11.4. The quantitative estimate of drug-likeness (QED) is 0.646. The van der Waals surface area contributed by atoms with Crippen molar-refractivity contribution >= 4 is 17.6 Å². The molecule has 1 aromatic carbocycles. The van der Waals surface area contributed by atoms with Crippen LogP contribution in [0.3, 0.4) is 0 Å². The van der Waals surface area contributed by atoms with Gasteiger partial charge in [-0.1, -0.05) is 12.1 Å². The topological polar surface area (TPSA) is 84.9 Å². The van der Waals surface area contributed by atoms with Crippen molar-refractivity contribution in [1.82, 2.24) is 0 Å². The van der Waals surface area contributed by atoms with Crippen molar-refractivity contribution in [2.75, 3.05) is 25.1 Å². The zero-order valence-corrected chi connectivity index (χ0v) is 13.0. The zero-order valence-electron chi connectivity index (χ0n) is 13.0. The first-order chi connectivity index (χ1) is 10.5. The van der Waals surface area contributed by atoms with Crippen LogP contribution in [0.2, 0.25) is 0 Å². The van der Waals surface area contributed by atoms with Crippen LogP contribution >= 0.6 is 0 Å². The maximum Gasteiger partial charge on any atom is 0.303 e. The summed E-state index contributed by atoms with van der Waals surface area (Å²) in [5.41, 5.74) is 1.57. The molecule has 0 aliphatic carbocycles. The van der Waals surface area contributed by atoms with E-state index < -0.39 is 12.1 Å². The van der Waals surface area contributed by atoms with Crippen molar-refractivity contribution in [3.63, 3.8) is 0 Å². The fourth-order valence-corrected chi connectivity index (χ4v) is 1.75. The number of benzene rings is 1. The van der Waals surface area contributed by atoms with Crippen LogP contribution in [0.4, 0.5) is 5.69 Å². The lowest BCUT2D eigenvalue weighted by atomic mass is 10.1. The van der Waals surface area contributed by atoms with E-state index in [4.69, 9.17) is 14.6 Å². The highest BCUT2D eigenvalue weighted by Gasteiger charge is 2.13. The van der Waals surface area contributed by atoms with E-state index >= 15 is 0 Å². The van der Waals surface area contributed by atoms with Gasteiger partial charge in [-0.15, -0.1) is 0 Å². The molecule has 0 bridgehead atoms. The number of aryl methyl sites for hydroxylation is 1. The Balaban J connectivity index is 2.38. The summed E-state index contributed by atoms with van der Waals surface area (Å²) in [6.07, 6.45) is 0.00355. The second-order valence-electron chi connectivity index (χ2n) is 4.79. The minimum absolute atomic E-state index is 0.0937. The Bertz CT molecular complexity index is 472. The highest BCUT2D eigenvalue weighted by molar-refractivity contribution is 5.93. The first-order valence-corrected chi connectivity index (χ1v) is 7.34. The molecule has 1 unspecified atom stereocenters. The Morgan fingerprint density at radius 1 is 1.23 bits per heavy atom. The molecule has 122 valence electrons. The van der Waals surface area contributed by atoms with Gasteiger partial charge in [-0.3, -0.25) is 9.59 Å². The fraction of sp³-hybridized carbons (Fsp3) is 0.500. The highest BCUT2D eigenvalue weighted by atomic mass is 16.5. The number of ether oxygens (including phenoxy) is 2. The fourth-order valence-electron chi connectivity index (χ4n) is 1.75. The molecule has 0 fully saturated rings. The van der Waals surface area contributed by atoms with Crippen LogP contribution in [0.15, 0.2) is 24.3 Å². The number of aliphatic carboxylic acids is 1. The van der Waals surface area contributed by atoms with Gasteiger partial charge in [-0.2, -0.15) is 0 Å². The molecular formula is C16H23NO5. The van der Waals surface area contributed by atoms with Crippen molar-refractivity contribution in [2.45, 2.75) is 32.8 Å². The SMILES string of the molecule is CCOCCOC(C)C(=O)Nc1ccc(CCC(=O)O)cc1. The second-order valence-corrected chi connectivity index (χ2v) is 4.79. The number of carbonyl (C=O) groups excluding carboxylic acids is 1. The van der Waals surface area contributed by atoms with Gasteiger partial charge in [0.2, 0.25) is 0 Å². The molecule has 0 aliphatic heterocycles. The predicted molar refractivity (Wildman–Crippen MR) is 82.9 cm³/mol. The van der Waals surface area contributed by atoms with E-state index in [0.717, 1.165) is 5.56 Å². The number of rotatable bonds is 10. The van der Waals surface area contributed by atoms with Crippen LogP contribution in [-0.2, 0) is 25.5 Å². The third-order valence-electron chi connectivity index (χ3n) is 3.02. The molecule has 22 heavy (non-hydrogen) atoms. The Kier molecular flexibility index (Phi) is 8.17. The normalized spacial score (nSPS) is 11.9. The van der Waals surface area contributed by atoms with Gasteiger partial charge in [-0.25, -0.2) is 0 Å². The Morgan fingerprint density at radius 2 is 1.91 bits per heavy atom. The van der Waals surface area contributed by atoms with Crippen LogP contribution in [0.25, 0.3) is 0 Å². The summed E-state index contributed by atoms with van der Waals surface area (Å²) in [4.78, 5) is 22.4. The molecule has 1 amide bonds. The molecule has 1 aromatic rings. The van der Waals surface area contributed by atoms with Crippen LogP contribution in [0, 0.1) is 0 Å².